The van der Waals surface area contributed by atoms with E-state index in [4.69, 9.17) is 0 Å². The van der Waals surface area contributed by atoms with Crippen LogP contribution in [-0.2, 0) is 16.0 Å². The molecule has 2 aromatic carbocycles. The lowest BCUT2D eigenvalue weighted by atomic mass is 10.1. The van der Waals surface area contributed by atoms with Crippen molar-refractivity contribution in [1.82, 2.24) is 0 Å². The normalized spacial score (nSPS) is 10.0. The first-order valence-corrected chi connectivity index (χ1v) is 6.76. The molecule has 0 heterocycles. The Morgan fingerprint density at radius 3 is 1.95 bits per heavy atom. The minimum Gasteiger partial charge on any atom is -0.326 e. The number of carbonyl (C=O) groups is 2. The molecule has 0 aliphatic rings. The third kappa shape index (κ3) is 4.76. The van der Waals surface area contributed by atoms with Gasteiger partial charge in [0.1, 0.15) is 0 Å². The van der Waals surface area contributed by atoms with E-state index in [1.54, 1.807) is 12.1 Å². The first-order valence-electron chi connectivity index (χ1n) is 6.76. The predicted molar refractivity (Wildman–Crippen MR) is 84.3 cm³/mol. The summed E-state index contributed by atoms with van der Waals surface area (Å²) in [6, 6.07) is 14.9. The number of carbonyl (C=O) groups excluding carboxylic acids is 2. The molecule has 0 atom stereocenters. The van der Waals surface area contributed by atoms with Gasteiger partial charge >= 0.3 is 0 Å². The Labute approximate surface area is 124 Å². The molecule has 0 bridgehead atoms. The van der Waals surface area contributed by atoms with E-state index >= 15 is 0 Å². The number of nitrogens with one attached hydrogen (secondary N) is 2. The molecule has 0 aliphatic heterocycles. The van der Waals surface area contributed by atoms with Gasteiger partial charge in [0.25, 0.3) is 0 Å². The van der Waals surface area contributed by atoms with Crippen LogP contribution < -0.4 is 10.6 Å². The zero-order valence-electron chi connectivity index (χ0n) is 12.1. The maximum atomic E-state index is 11.9. The highest BCUT2D eigenvalue weighted by molar-refractivity contribution is 5.92. The lowest BCUT2D eigenvalue weighted by molar-refractivity contribution is -0.116. The summed E-state index contributed by atoms with van der Waals surface area (Å²) in [5.74, 6) is -0.175. The average molecular weight is 282 g/mol. The Morgan fingerprint density at radius 1 is 0.857 bits per heavy atom. The summed E-state index contributed by atoms with van der Waals surface area (Å²) in [6.07, 6.45) is 0.300. The Morgan fingerprint density at radius 2 is 1.38 bits per heavy atom. The van der Waals surface area contributed by atoms with Gasteiger partial charge in [-0.1, -0.05) is 29.8 Å². The van der Waals surface area contributed by atoms with Gasteiger partial charge in [-0.25, -0.2) is 0 Å². The predicted octanol–water partition coefficient (Wildman–Crippen LogP) is 3.13. The summed E-state index contributed by atoms with van der Waals surface area (Å²) in [6.45, 7) is 3.46. The molecular formula is C17H18N2O2. The van der Waals surface area contributed by atoms with Crippen LogP contribution in [0, 0.1) is 6.92 Å². The number of hydrogen-bond acceptors (Lipinski definition) is 2. The van der Waals surface area contributed by atoms with Crippen molar-refractivity contribution in [2.45, 2.75) is 20.3 Å². The SMILES string of the molecule is CC(=O)Nc1ccc(CC(=O)Nc2ccc(C)cc2)cc1. The second-order valence-electron chi connectivity index (χ2n) is 4.97. The van der Waals surface area contributed by atoms with Gasteiger partial charge in [-0.15, -0.1) is 0 Å². The summed E-state index contributed by atoms with van der Waals surface area (Å²) < 4.78 is 0. The summed E-state index contributed by atoms with van der Waals surface area (Å²) in [7, 11) is 0. The van der Waals surface area contributed by atoms with Crippen molar-refractivity contribution in [1.29, 1.82) is 0 Å². The highest BCUT2D eigenvalue weighted by atomic mass is 16.2. The summed E-state index contributed by atoms with van der Waals surface area (Å²) >= 11 is 0. The summed E-state index contributed by atoms with van der Waals surface area (Å²) in [5.41, 5.74) is 3.57. The van der Waals surface area contributed by atoms with Crippen LogP contribution in [0.3, 0.4) is 0 Å². The van der Waals surface area contributed by atoms with Gasteiger partial charge in [-0.2, -0.15) is 0 Å². The first kappa shape index (κ1) is 14.8. The number of benzene rings is 2. The molecule has 2 N–H and O–H groups in total. The van der Waals surface area contributed by atoms with Crippen molar-refractivity contribution in [3.05, 3.63) is 59.7 Å². The second-order valence-corrected chi connectivity index (χ2v) is 4.97. The number of rotatable bonds is 4. The van der Waals surface area contributed by atoms with Crippen LogP contribution >= 0.6 is 0 Å². The van der Waals surface area contributed by atoms with Crippen molar-refractivity contribution < 1.29 is 9.59 Å². The zero-order valence-corrected chi connectivity index (χ0v) is 12.1. The molecule has 0 radical (unpaired) electrons. The van der Waals surface area contributed by atoms with Gasteiger partial charge in [0.15, 0.2) is 0 Å². The van der Waals surface area contributed by atoms with Crippen LogP contribution in [0.2, 0.25) is 0 Å². The van der Waals surface area contributed by atoms with Gasteiger partial charge < -0.3 is 10.6 Å². The third-order valence-electron chi connectivity index (χ3n) is 2.97. The molecule has 2 amide bonds. The smallest absolute Gasteiger partial charge is 0.228 e. The van der Waals surface area contributed by atoms with Gasteiger partial charge in [0.05, 0.1) is 6.42 Å². The fraction of sp³-hybridized carbons (Fsp3) is 0.176. The number of hydrogen-bond donors (Lipinski definition) is 2. The monoisotopic (exact) mass is 282 g/mol. The standard InChI is InChI=1S/C17H18N2O2/c1-12-3-7-16(8-4-12)19-17(21)11-14-5-9-15(10-6-14)18-13(2)20/h3-10H,11H2,1-2H3,(H,18,20)(H,19,21). The molecule has 108 valence electrons. The van der Waals surface area contributed by atoms with E-state index in [1.807, 2.05) is 43.3 Å². The molecule has 0 aromatic heterocycles. The Kier molecular flexibility index (Phi) is 4.72. The summed E-state index contributed by atoms with van der Waals surface area (Å²) in [5, 5.41) is 5.55. The molecule has 2 aromatic rings. The quantitative estimate of drug-likeness (QED) is 0.905. The largest absolute Gasteiger partial charge is 0.326 e. The number of aryl methyl sites for hydroxylation is 1. The minimum absolute atomic E-state index is 0.0638. The lowest BCUT2D eigenvalue weighted by Crippen LogP contribution is -2.14. The van der Waals surface area contributed by atoms with Crippen molar-refractivity contribution >= 4 is 23.2 Å². The Balaban J connectivity index is 1.93. The molecule has 0 saturated heterocycles. The minimum atomic E-state index is -0.111. The number of anilines is 2. The van der Waals surface area contributed by atoms with Gasteiger partial charge in [-0.05, 0) is 36.8 Å². The van der Waals surface area contributed by atoms with E-state index in [0.717, 1.165) is 22.5 Å². The lowest BCUT2D eigenvalue weighted by Gasteiger charge is -2.07. The van der Waals surface area contributed by atoms with Crippen LogP contribution in [-0.4, -0.2) is 11.8 Å². The first-order chi connectivity index (χ1) is 10.0. The second kappa shape index (κ2) is 6.70. The Hall–Kier alpha value is -2.62. The van der Waals surface area contributed by atoms with Crippen LogP contribution in [0.5, 0.6) is 0 Å². The maximum absolute atomic E-state index is 11.9. The highest BCUT2D eigenvalue weighted by Crippen LogP contribution is 2.12. The topological polar surface area (TPSA) is 58.2 Å². The maximum Gasteiger partial charge on any atom is 0.228 e. The van der Waals surface area contributed by atoms with E-state index in [9.17, 15) is 9.59 Å². The molecule has 21 heavy (non-hydrogen) atoms. The molecule has 0 fully saturated rings. The van der Waals surface area contributed by atoms with E-state index in [-0.39, 0.29) is 11.8 Å². The van der Waals surface area contributed by atoms with E-state index in [1.165, 1.54) is 6.92 Å². The zero-order chi connectivity index (χ0) is 15.2. The average Bonchev–Trinajstić information content (AvgIpc) is 2.43. The van der Waals surface area contributed by atoms with Gasteiger partial charge in [0, 0.05) is 18.3 Å². The van der Waals surface area contributed by atoms with Crippen molar-refractivity contribution in [2.24, 2.45) is 0 Å². The van der Waals surface area contributed by atoms with Crippen molar-refractivity contribution in [3.8, 4) is 0 Å². The Bertz CT molecular complexity index is 631. The molecule has 0 unspecified atom stereocenters. The molecule has 2 rings (SSSR count). The molecule has 0 aliphatic carbocycles. The van der Waals surface area contributed by atoms with Crippen molar-refractivity contribution in [2.75, 3.05) is 10.6 Å². The van der Waals surface area contributed by atoms with Crippen LogP contribution in [0.15, 0.2) is 48.5 Å². The summed E-state index contributed by atoms with van der Waals surface area (Å²) in [4.78, 5) is 22.9. The van der Waals surface area contributed by atoms with Crippen LogP contribution in [0.4, 0.5) is 11.4 Å². The number of amides is 2. The van der Waals surface area contributed by atoms with Crippen LogP contribution in [0.1, 0.15) is 18.1 Å². The fourth-order valence-corrected chi connectivity index (χ4v) is 1.94. The van der Waals surface area contributed by atoms with Gasteiger partial charge in [0.2, 0.25) is 11.8 Å². The highest BCUT2D eigenvalue weighted by Gasteiger charge is 2.04. The molecule has 4 heteroatoms. The molecule has 4 nitrogen and oxygen atoms in total. The van der Waals surface area contributed by atoms with E-state index in [2.05, 4.69) is 10.6 Å². The molecule has 0 saturated carbocycles. The third-order valence-corrected chi connectivity index (χ3v) is 2.97. The van der Waals surface area contributed by atoms with E-state index < -0.39 is 0 Å². The fourth-order valence-electron chi connectivity index (χ4n) is 1.94. The van der Waals surface area contributed by atoms with Gasteiger partial charge in [-0.3, -0.25) is 9.59 Å². The van der Waals surface area contributed by atoms with Crippen molar-refractivity contribution in [3.63, 3.8) is 0 Å². The van der Waals surface area contributed by atoms with Crippen LogP contribution in [0.25, 0.3) is 0 Å². The van der Waals surface area contributed by atoms with E-state index in [0.29, 0.717) is 6.42 Å². The molecule has 0 spiro atoms. The molecular weight excluding hydrogens is 264 g/mol.